The minimum absolute atomic E-state index is 0.00882. The number of fused-ring (bicyclic) bond motifs is 2. The van der Waals surface area contributed by atoms with Crippen molar-refractivity contribution in [3.05, 3.63) is 17.7 Å². The van der Waals surface area contributed by atoms with Gasteiger partial charge in [-0.15, -0.1) is 0 Å². The van der Waals surface area contributed by atoms with Crippen LogP contribution in [0, 0.1) is 6.92 Å². The number of carbonyl (C=O) groups excluding carboxylic acids is 1. The SMILES string of the molecule is CCN1CCn2c(C)cnc2C12CCN(C(=O)COC)CC2.O=C(O)C(F)(F)F.O=C(O)C(F)(F)F. The van der Waals surface area contributed by atoms with Crippen LogP contribution < -0.4 is 0 Å². The number of ether oxygens (including phenoxy) is 1. The predicted molar refractivity (Wildman–Crippen MR) is 111 cm³/mol. The summed E-state index contributed by atoms with van der Waals surface area (Å²) >= 11 is 0. The first kappa shape index (κ1) is 31.2. The van der Waals surface area contributed by atoms with Gasteiger partial charge in [0.25, 0.3) is 0 Å². The van der Waals surface area contributed by atoms with Crippen molar-refractivity contribution < 1.29 is 55.7 Å². The molecule has 1 fully saturated rings. The average Bonchev–Trinajstić information content (AvgIpc) is 3.16. The number of carboxylic acids is 2. The molecular weight excluding hydrogens is 506 g/mol. The van der Waals surface area contributed by atoms with E-state index in [0.717, 1.165) is 45.6 Å². The average molecular weight is 534 g/mol. The van der Waals surface area contributed by atoms with E-state index in [4.69, 9.17) is 29.5 Å². The van der Waals surface area contributed by atoms with Crippen molar-refractivity contribution in [2.45, 2.75) is 51.1 Å². The Labute approximate surface area is 202 Å². The van der Waals surface area contributed by atoms with Gasteiger partial charge in [0.15, 0.2) is 0 Å². The molecule has 3 heterocycles. The molecule has 36 heavy (non-hydrogen) atoms. The van der Waals surface area contributed by atoms with Gasteiger partial charge in [-0.25, -0.2) is 14.6 Å². The lowest BCUT2D eigenvalue weighted by Gasteiger charge is -2.50. The number of carbonyl (C=O) groups is 3. The highest BCUT2D eigenvalue weighted by atomic mass is 19.4. The van der Waals surface area contributed by atoms with Crippen molar-refractivity contribution in [1.29, 1.82) is 0 Å². The van der Waals surface area contributed by atoms with Gasteiger partial charge in [-0.3, -0.25) is 9.69 Å². The van der Waals surface area contributed by atoms with Gasteiger partial charge in [0.1, 0.15) is 12.4 Å². The standard InChI is InChI=1S/C16H26N4O2.2C2HF3O2/c1-4-19-9-10-20-13(2)11-17-15(20)16(19)5-7-18(8-6-16)14(21)12-22-3;2*3-2(4,5)1(6)7/h11H,4-10,12H2,1-3H3;2*(H,6,7). The quantitative estimate of drug-likeness (QED) is 0.566. The molecular formula is C20H28F6N4O6. The van der Waals surface area contributed by atoms with Crippen LogP contribution in [-0.4, -0.2) is 99.7 Å². The van der Waals surface area contributed by atoms with Gasteiger partial charge in [-0.2, -0.15) is 26.3 Å². The number of imidazole rings is 1. The number of aromatic nitrogens is 2. The number of carboxylic acid groups (broad SMARTS) is 2. The number of aliphatic carboxylic acids is 2. The van der Waals surface area contributed by atoms with E-state index in [0.29, 0.717) is 0 Å². The molecule has 2 aliphatic heterocycles. The summed E-state index contributed by atoms with van der Waals surface area (Å²) in [5, 5.41) is 14.2. The highest BCUT2D eigenvalue weighted by Crippen LogP contribution is 2.40. The molecule has 3 rings (SSSR count). The van der Waals surface area contributed by atoms with Crippen LogP contribution in [0.4, 0.5) is 26.3 Å². The maximum Gasteiger partial charge on any atom is 0.490 e. The zero-order chi connectivity index (χ0) is 27.9. The summed E-state index contributed by atoms with van der Waals surface area (Å²) in [6, 6.07) is 0. The largest absolute Gasteiger partial charge is 0.490 e. The molecule has 0 saturated carbocycles. The highest BCUT2D eigenvalue weighted by Gasteiger charge is 2.46. The zero-order valence-electron chi connectivity index (χ0n) is 19.8. The van der Waals surface area contributed by atoms with E-state index in [1.54, 1.807) is 7.11 Å². The van der Waals surface area contributed by atoms with Gasteiger partial charge in [0.05, 0.1) is 5.54 Å². The van der Waals surface area contributed by atoms with Crippen molar-refractivity contribution in [3.8, 4) is 0 Å². The summed E-state index contributed by atoms with van der Waals surface area (Å²) < 4.78 is 70.8. The van der Waals surface area contributed by atoms with Gasteiger partial charge < -0.3 is 24.4 Å². The van der Waals surface area contributed by atoms with Crippen molar-refractivity contribution in [3.63, 3.8) is 0 Å². The van der Waals surface area contributed by atoms with E-state index >= 15 is 0 Å². The fourth-order valence-electron chi connectivity index (χ4n) is 4.03. The van der Waals surface area contributed by atoms with Gasteiger partial charge >= 0.3 is 24.3 Å². The second-order valence-electron chi connectivity index (χ2n) is 7.91. The normalized spacial score (nSPS) is 17.3. The summed E-state index contributed by atoms with van der Waals surface area (Å²) in [4.78, 5) is 39.0. The molecule has 1 aromatic rings. The lowest BCUT2D eigenvalue weighted by Crippen LogP contribution is -2.58. The molecule has 1 amide bonds. The van der Waals surface area contributed by atoms with E-state index < -0.39 is 24.3 Å². The maximum atomic E-state index is 12.0. The molecule has 0 aliphatic carbocycles. The molecule has 1 spiro atoms. The fourth-order valence-corrected chi connectivity index (χ4v) is 4.03. The summed E-state index contributed by atoms with van der Waals surface area (Å²) in [7, 11) is 1.57. The van der Waals surface area contributed by atoms with E-state index in [1.165, 1.54) is 11.5 Å². The molecule has 16 heteroatoms. The zero-order valence-corrected chi connectivity index (χ0v) is 19.8. The van der Waals surface area contributed by atoms with Crippen molar-refractivity contribution in [1.82, 2.24) is 19.4 Å². The second kappa shape index (κ2) is 12.4. The molecule has 0 atom stereocenters. The van der Waals surface area contributed by atoms with Crippen LogP contribution >= 0.6 is 0 Å². The second-order valence-corrected chi connectivity index (χ2v) is 7.91. The Bertz CT molecular complexity index is 885. The Kier molecular flexibility index (Phi) is 10.7. The number of amides is 1. The number of alkyl halides is 6. The first-order valence-corrected chi connectivity index (χ1v) is 10.7. The molecule has 0 unspecified atom stereocenters. The number of hydrogen-bond acceptors (Lipinski definition) is 6. The number of nitrogens with zero attached hydrogens (tertiary/aromatic N) is 4. The number of piperidine rings is 1. The number of likely N-dealkylation sites (N-methyl/N-ethyl adjacent to an activating group) is 1. The Morgan fingerprint density at radius 1 is 1.00 bits per heavy atom. The Morgan fingerprint density at radius 3 is 1.86 bits per heavy atom. The maximum absolute atomic E-state index is 12.0. The van der Waals surface area contributed by atoms with Gasteiger partial charge in [0.2, 0.25) is 5.91 Å². The summed E-state index contributed by atoms with van der Waals surface area (Å²) in [5.74, 6) is -4.23. The lowest BCUT2D eigenvalue weighted by atomic mass is 9.83. The topological polar surface area (TPSA) is 125 Å². The van der Waals surface area contributed by atoms with Crippen LogP contribution in [0.5, 0.6) is 0 Å². The Morgan fingerprint density at radius 2 is 1.47 bits per heavy atom. The molecule has 2 aliphatic rings. The molecule has 206 valence electrons. The van der Waals surface area contributed by atoms with E-state index in [1.807, 2.05) is 11.1 Å². The molecule has 0 aromatic carbocycles. The third-order valence-electron chi connectivity index (χ3n) is 5.75. The van der Waals surface area contributed by atoms with E-state index in [2.05, 4.69) is 23.3 Å². The van der Waals surface area contributed by atoms with Crippen LogP contribution in [-0.2, 0) is 31.2 Å². The predicted octanol–water partition coefficient (Wildman–Crippen LogP) is 2.26. The minimum Gasteiger partial charge on any atom is -0.475 e. The third-order valence-corrected chi connectivity index (χ3v) is 5.75. The van der Waals surface area contributed by atoms with Crippen LogP contribution in [0.25, 0.3) is 0 Å². The van der Waals surface area contributed by atoms with Gasteiger partial charge in [-0.1, -0.05) is 6.92 Å². The molecule has 10 nitrogen and oxygen atoms in total. The smallest absolute Gasteiger partial charge is 0.475 e. The van der Waals surface area contributed by atoms with Crippen molar-refractivity contribution >= 4 is 17.8 Å². The molecule has 1 saturated heterocycles. The molecule has 1 aromatic heterocycles. The molecule has 0 radical (unpaired) electrons. The monoisotopic (exact) mass is 534 g/mol. The highest BCUT2D eigenvalue weighted by molar-refractivity contribution is 5.77. The number of halogens is 6. The summed E-state index contributed by atoms with van der Waals surface area (Å²) in [5.41, 5.74) is 1.23. The van der Waals surface area contributed by atoms with Crippen LogP contribution in [0.1, 0.15) is 31.3 Å². The van der Waals surface area contributed by atoms with Crippen molar-refractivity contribution in [2.24, 2.45) is 0 Å². The fraction of sp³-hybridized carbons (Fsp3) is 0.700. The van der Waals surface area contributed by atoms with Gasteiger partial charge in [0, 0.05) is 45.2 Å². The molecule has 2 N–H and O–H groups in total. The summed E-state index contributed by atoms with van der Waals surface area (Å²) in [6.07, 6.45) is -6.28. The first-order valence-electron chi connectivity index (χ1n) is 10.7. The van der Waals surface area contributed by atoms with Gasteiger partial charge in [-0.05, 0) is 26.3 Å². The van der Waals surface area contributed by atoms with Crippen LogP contribution in [0.3, 0.4) is 0 Å². The number of likely N-dealkylation sites (tertiary alicyclic amines) is 1. The number of rotatable bonds is 3. The van der Waals surface area contributed by atoms with Crippen molar-refractivity contribution in [2.75, 3.05) is 39.9 Å². The molecule has 0 bridgehead atoms. The van der Waals surface area contributed by atoms with Crippen LogP contribution in [0.2, 0.25) is 0 Å². The first-order chi connectivity index (χ1) is 16.5. The third kappa shape index (κ3) is 7.81. The number of methoxy groups -OCH3 is 1. The minimum atomic E-state index is -5.08. The Hall–Kier alpha value is -2.88. The van der Waals surface area contributed by atoms with Crippen LogP contribution in [0.15, 0.2) is 6.20 Å². The van der Waals surface area contributed by atoms with E-state index in [9.17, 15) is 31.1 Å². The van der Waals surface area contributed by atoms with E-state index in [-0.39, 0.29) is 18.1 Å². The number of hydrogen-bond donors (Lipinski definition) is 2. The lowest BCUT2D eigenvalue weighted by molar-refractivity contribution is -0.193. The summed E-state index contributed by atoms with van der Waals surface area (Å²) in [6.45, 7) is 9.19. The number of aryl methyl sites for hydroxylation is 1. The Balaban J connectivity index is 0.000000383.